The van der Waals surface area contributed by atoms with Gasteiger partial charge in [-0.1, -0.05) is 342 Å². The van der Waals surface area contributed by atoms with Crippen molar-refractivity contribution in [3.63, 3.8) is 0 Å². The summed E-state index contributed by atoms with van der Waals surface area (Å²) in [6.07, 6.45) is 91.1. The zero-order valence-corrected chi connectivity index (χ0v) is 57.2. The molecular weight excluding hydrogens is 1090 g/mol. The van der Waals surface area contributed by atoms with Crippen LogP contribution in [0.15, 0.2) is 97.2 Å². The van der Waals surface area contributed by atoms with E-state index in [0.717, 1.165) is 77.0 Å². The molecule has 1 fully saturated rings. The van der Waals surface area contributed by atoms with Gasteiger partial charge in [-0.15, -0.1) is 0 Å². The minimum Gasteiger partial charge on any atom is -0.394 e. The Morgan fingerprint density at radius 3 is 1.09 bits per heavy atom. The molecule has 1 saturated heterocycles. The van der Waals surface area contributed by atoms with Gasteiger partial charge in [0.05, 0.1) is 25.4 Å². The standard InChI is InChI=1S/C79H141NO8/c1-3-5-7-9-11-13-15-17-19-21-23-25-27-29-30-31-32-33-34-35-36-37-38-39-40-41-42-43-44-45-47-49-51-53-55-57-59-61-63-65-67-69-75(83)80-72(71-87-79-78(86)77(85)76(84)74(70-81)88-79)73(82)68-66-64-62-60-58-56-54-52-50-48-46-28-26-24-22-20-18-16-14-12-10-8-6-4-2/h5,7,11,13,17,19,23,25,29-30,50,52,58,60,66,68,72-74,76-79,81-82,84-86H,3-4,6,8-10,12,14-16,18,20-22,24,26-28,31-49,51,53-57,59,61-65,67,69-71H2,1-2H3,(H,80,83)/b7-5-,13-11-,19-17-,25-23-,30-29-,52-50+,60-58+,68-66+. The molecule has 7 unspecified atom stereocenters. The molecule has 1 aliphatic rings. The number of aliphatic hydroxyl groups excluding tert-OH is 5. The van der Waals surface area contributed by atoms with Gasteiger partial charge in [0.2, 0.25) is 5.91 Å². The average Bonchev–Trinajstić information content (AvgIpc) is 3.31. The van der Waals surface area contributed by atoms with E-state index in [9.17, 15) is 30.3 Å². The van der Waals surface area contributed by atoms with Crippen molar-refractivity contribution in [2.24, 2.45) is 0 Å². The van der Waals surface area contributed by atoms with Gasteiger partial charge in [0.25, 0.3) is 0 Å². The van der Waals surface area contributed by atoms with Gasteiger partial charge in [-0.25, -0.2) is 0 Å². The maximum atomic E-state index is 13.1. The van der Waals surface area contributed by atoms with E-state index in [1.54, 1.807) is 6.08 Å². The van der Waals surface area contributed by atoms with Crippen LogP contribution >= 0.6 is 0 Å². The van der Waals surface area contributed by atoms with Gasteiger partial charge in [-0.2, -0.15) is 0 Å². The van der Waals surface area contributed by atoms with Crippen molar-refractivity contribution in [1.82, 2.24) is 5.32 Å². The van der Waals surface area contributed by atoms with Crippen molar-refractivity contribution in [3.8, 4) is 0 Å². The van der Waals surface area contributed by atoms with Gasteiger partial charge < -0.3 is 40.3 Å². The number of carbonyl (C=O) groups is 1. The highest BCUT2D eigenvalue weighted by molar-refractivity contribution is 5.76. The van der Waals surface area contributed by atoms with Crippen LogP contribution in [0, 0.1) is 0 Å². The number of hydrogen-bond donors (Lipinski definition) is 6. The number of unbranched alkanes of at least 4 members (excludes halogenated alkanes) is 41. The fraction of sp³-hybridized carbons (Fsp3) is 0.785. The fourth-order valence-corrected chi connectivity index (χ4v) is 11.6. The van der Waals surface area contributed by atoms with E-state index in [1.165, 1.54) is 244 Å². The SMILES string of the molecule is CC/C=C\C/C=C\C/C=C\C/C=C\C/C=C\CCCCCCCCCCCCCCCCCCCCCCCCCCCC(=O)NC(COC1OC(CO)C(O)C(O)C1O)C(O)/C=C/CC/C=C/CC/C=C/CCCCCCCCCCCCCCCC. The molecule has 0 spiro atoms. The molecule has 1 amide bonds. The lowest BCUT2D eigenvalue weighted by molar-refractivity contribution is -0.302. The molecular formula is C79H141NO8. The summed E-state index contributed by atoms with van der Waals surface area (Å²) >= 11 is 0. The largest absolute Gasteiger partial charge is 0.394 e. The zero-order valence-electron chi connectivity index (χ0n) is 57.2. The first-order valence-corrected chi connectivity index (χ1v) is 37.5. The summed E-state index contributed by atoms with van der Waals surface area (Å²) in [4.78, 5) is 13.1. The summed E-state index contributed by atoms with van der Waals surface area (Å²) in [5.41, 5.74) is 0. The summed E-state index contributed by atoms with van der Waals surface area (Å²) in [5.74, 6) is -0.186. The molecule has 0 bridgehead atoms. The third kappa shape index (κ3) is 54.8. The van der Waals surface area contributed by atoms with Crippen LogP contribution in [0.2, 0.25) is 0 Å². The van der Waals surface area contributed by atoms with Crippen molar-refractivity contribution in [2.45, 2.75) is 384 Å². The number of aliphatic hydroxyl groups is 5. The zero-order chi connectivity index (χ0) is 63.5. The van der Waals surface area contributed by atoms with Crippen molar-refractivity contribution in [2.75, 3.05) is 13.2 Å². The Morgan fingerprint density at radius 1 is 0.398 bits per heavy atom. The van der Waals surface area contributed by atoms with Crippen LogP contribution in [-0.4, -0.2) is 87.5 Å². The lowest BCUT2D eigenvalue weighted by Gasteiger charge is -2.40. The molecule has 1 rings (SSSR count). The Hall–Kier alpha value is -2.89. The summed E-state index contributed by atoms with van der Waals surface area (Å²) in [6, 6.07) is -0.832. The lowest BCUT2D eigenvalue weighted by Crippen LogP contribution is -2.60. The lowest BCUT2D eigenvalue weighted by atomic mass is 9.99. The van der Waals surface area contributed by atoms with Crippen LogP contribution in [0.3, 0.4) is 0 Å². The Balaban J connectivity index is 2.08. The van der Waals surface area contributed by atoms with Gasteiger partial charge in [-0.05, 0) is 89.9 Å². The minimum absolute atomic E-state index is 0.186. The number of nitrogens with one attached hydrogen (secondary N) is 1. The Morgan fingerprint density at radius 2 is 0.716 bits per heavy atom. The van der Waals surface area contributed by atoms with E-state index < -0.39 is 49.5 Å². The number of rotatable bonds is 65. The van der Waals surface area contributed by atoms with Crippen molar-refractivity contribution < 1.29 is 39.8 Å². The number of carbonyl (C=O) groups excluding carboxylic acids is 1. The van der Waals surface area contributed by atoms with E-state index in [4.69, 9.17) is 9.47 Å². The molecule has 6 N–H and O–H groups in total. The second kappa shape index (κ2) is 67.0. The molecule has 88 heavy (non-hydrogen) atoms. The highest BCUT2D eigenvalue weighted by Gasteiger charge is 2.44. The van der Waals surface area contributed by atoms with E-state index in [-0.39, 0.29) is 12.5 Å². The Kier molecular flexibility index (Phi) is 63.3. The van der Waals surface area contributed by atoms with Crippen molar-refractivity contribution >= 4 is 5.91 Å². The topological polar surface area (TPSA) is 149 Å². The molecule has 0 aromatic heterocycles. The van der Waals surface area contributed by atoms with E-state index in [0.29, 0.717) is 6.42 Å². The Labute approximate surface area is 543 Å². The van der Waals surface area contributed by atoms with Gasteiger partial charge in [0.15, 0.2) is 6.29 Å². The summed E-state index contributed by atoms with van der Waals surface area (Å²) in [7, 11) is 0. The molecule has 0 radical (unpaired) electrons. The van der Waals surface area contributed by atoms with Crippen LogP contribution in [0.5, 0.6) is 0 Å². The molecule has 9 heteroatoms. The first-order chi connectivity index (χ1) is 43.3. The molecule has 0 saturated carbocycles. The van der Waals surface area contributed by atoms with E-state index in [1.807, 2.05) is 6.08 Å². The second-order valence-electron chi connectivity index (χ2n) is 25.7. The molecule has 9 nitrogen and oxygen atoms in total. The van der Waals surface area contributed by atoms with E-state index >= 15 is 0 Å². The molecule has 510 valence electrons. The molecule has 0 aromatic carbocycles. The third-order valence-electron chi connectivity index (χ3n) is 17.4. The summed E-state index contributed by atoms with van der Waals surface area (Å²) < 4.78 is 11.3. The maximum Gasteiger partial charge on any atom is 0.220 e. The molecule has 7 atom stereocenters. The molecule has 0 aromatic rings. The Bertz CT molecular complexity index is 1720. The normalized spacial score (nSPS) is 18.5. The number of amides is 1. The predicted octanol–water partition coefficient (Wildman–Crippen LogP) is 21.0. The van der Waals surface area contributed by atoms with Gasteiger partial charge in [0.1, 0.15) is 24.4 Å². The van der Waals surface area contributed by atoms with Crippen molar-refractivity contribution in [3.05, 3.63) is 97.2 Å². The summed E-state index contributed by atoms with van der Waals surface area (Å²) in [6.45, 7) is 3.68. The number of hydrogen-bond acceptors (Lipinski definition) is 8. The molecule has 1 aliphatic heterocycles. The highest BCUT2D eigenvalue weighted by Crippen LogP contribution is 2.23. The van der Waals surface area contributed by atoms with Gasteiger partial charge in [0, 0.05) is 6.42 Å². The second-order valence-corrected chi connectivity index (χ2v) is 25.7. The number of allylic oxidation sites excluding steroid dienone is 15. The molecule has 1 heterocycles. The van der Waals surface area contributed by atoms with Crippen molar-refractivity contribution in [1.29, 1.82) is 0 Å². The first kappa shape index (κ1) is 83.1. The highest BCUT2D eigenvalue weighted by atomic mass is 16.7. The predicted molar refractivity (Wildman–Crippen MR) is 378 cm³/mol. The fourth-order valence-electron chi connectivity index (χ4n) is 11.6. The third-order valence-corrected chi connectivity index (χ3v) is 17.4. The first-order valence-electron chi connectivity index (χ1n) is 37.5. The van der Waals surface area contributed by atoms with Gasteiger partial charge >= 0.3 is 0 Å². The van der Waals surface area contributed by atoms with Crippen LogP contribution in [0.4, 0.5) is 0 Å². The van der Waals surface area contributed by atoms with Gasteiger partial charge in [-0.3, -0.25) is 4.79 Å². The van der Waals surface area contributed by atoms with Crippen LogP contribution in [0.25, 0.3) is 0 Å². The monoisotopic (exact) mass is 1230 g/mol. The van der Waals surface area contributed by atoms with Crippen LogP contribution in [0.1, 0.15) is 341 Å². The van der Waals surface area contributed by atoms with E-state index in [2.05, 4.69) is 104 Å². The van der Waals surface area contributed by atoms with Crippen LogP contribution in [-0.2, 0) is 14.3 Å². The number of ether oxygens (including phenoxy) is 2. The minimum atomic E-state index is -1.58. The maximum absolute atomic E-state index is 13.1. The quantitative estimate of drug-likeness (QED) is 0.0261. The van der Waals surface area contributed by atoms with Crippen LogP contribution < -0.4 is 5.32 Å². The molecule has 0 aliphatic carbocycles. The smallest absolute Gasteiger partial charge is 0.220 e. The average molecular weight is 1230 g/mol. The summed E-state index contributed by atoms with van der Waals surface area (Å²) in [5, 5.41) is 54.8.